The topological polar surface area (TPSA) is 89.6 Å². The van der Waals surface area contributed by atoms with Gasteiger partial charge in [-0.05, 0) is 31.3 Å². The van der Waals surface area contributed by atoms with Crippen LogP contribution in [0, 0.1) is 0 Å². The van der Waals surface area contributed by atoms with Gasteiger partial charge < -0.3 is 14.8 Å². The fraction of sp³-hybridized carbons (Fsp3) is 0.217. The molecular formula is C23H22N8. The third kappa shape index (κ3) is 3.12. The molecule has 1 aliphatic rings. The van der Waals surface area contributed by atoms with Gasteiger partial charge in [0, 0.05) is 54.9 Å². The fourth-order valence-electron chi connectivity index (χ4n) is 4.25. The molecule has 6 rings (SSSR count). The van der Waals surface area contributed by atoms with E-state index in [4.69, 9.17) is 0 Å². The molecule has 0 bridgehead atoms. The van der Waals surface area contributed by atoms with E-state index in [1.165, 1.54) is 11.1 Å². The number of piperazine rings is 1. The van der Waals surface area contributed by atoms with Crippen LogP contribution in [0.4, 0.5) is 5.69 Å². The first kappa shape index (κ1) is 18.0. The lowest BCUT2D eigenvalue weighted by Crippen LogP contribution is -2.44. The summed E-state index contributed by atoms with van der Waals surface area (Å²) in [5, 5.41) is 9.72. The monoisotopic (exact) mass is 410 g/mol. The largest absolute Gasteiger partial charge is 0.367 e. The maximum atomic E-state index is 4.53. The number of hydrogen-bond donors (Lipinski definition) is 2. The van der Waals surface area contributed by atoms with E-state index >= 15 is 0 Å². The first-order valence-corrected chi connectivity index (χ1v) is 10.4. The van der Waals surface area contributed by atoms with Crippen molar-refractivity contribution in [1.29, 1.82) is 0 Å². The highest BCUT2D eigenvalue weighted by Crippen LogP contribution is 2.33. The third-order valence-electron chi connectivity index (χ3n) is 6.01. The third-order valence-corrected chi connectivity index (χ3v) is 6.01. The van der Waals surface area contributed by atoms with Gasteiger partial charge in [-0.25, -0.2) is 4.98 Å². The molecule has 0 amide bonds. The summed E-state index contributed by atoms with van der Waals surface area (Å²) in [6, 6.07) is 10.2. The Bertz CT molecular complexity index is 1360. The Labute approximate surface area is 179 Å². The van der Waals surface area contributed by atoms with E-state index in [1.54, 1.807) is 6.20 Å². The number of anilines is 1. The zero-order valence-electron chi connectivity index (χ0n) is 17.2. The van der Waals surface area contributed by atoms with Crippen molar-refractivity contribution in [1.82, 2.24) is 35.0 Å². The molecule has 0 aromatic carbocycles. The molecule has 0 radical (unpaired) electrons. The average Bonchev–Trinajstić information content (AvgIpc) is 3.43. The van der Waals surface area contributed by atoms with Crippen LogP contribution >= 0.6 is 0 Å². The molecule has 0 saturated carbocycles. The molecule has 8 heteroatoms. The molecule has 5 aromatic heterocycles. The number of likely N-dealkylation sites (N-methyl/N-ethyl adjacent to an activating group) is 1. The quantitative estimate of drug-likeness (QED) is 0.474. The second-order valence-corrected chi connectivity index (χ2v) is 8.00. The van der Waals surface area contributed by atoms with Crippen molar-refractivity contribution >= 4 is 27.6 Å². The smallest absolute Gasteiger partial charge is 0.181 e. The number of aromatic amines is 2. The number of pyridine rings is 3. The van der Waals surface area contributed by atoms with Crippen molar-refractivity contribution < 1.29 is 0 Å². The first-order chi connectivity index (χ1) is 15.3. The van der Waals surface area contributed by atoms with Crippen molar-refractivity contribution in [2.45, 2.75) is 0 Å². The zero-order valence-corrected chi connectivity index (χ0v) is 17.2. The summed E-state index contributed by atoms with van der Waals surface area (Å²) >= 11 is 0. The van der Waals surface area contributed by atoms with Gasteiger partial charge in [-0.1, -0.05) is 6.07 Å². The van der Waals surface area contributed by atoms with E-state index in [2.05, 4.69) is 59.1 Å². The van der Waals surface area contributed by atoms with Crippen LogP contribution in [0.1, 0.15) is 0 Å². The van der Waals surface area contributed by atoms with E-state index in [0.717, 1.165) is 59.7 Å². The van der Waals surface area contributed by atoms with Crippen LogP contribution in [0.25, 0.3) is 44.6 Å². The van der Waals surface area contributed by atoms with Crippen molar-refractivity contribution in [3.63, 3.8) is 0 Å². The number of nitrogens with one attached hydrogen (secondary N) is 2. The minimum absolute atomic E-state index is 0.686. The molecule has 31 heavy (non-hydrogen) atoms. The molecule has 1 saturated heterocycles. The standard InChI is InChI=1S/C23H22N8/c1-30-6-8-31(9-7-30)21-14-24-13-20-16(21)11-19(27-20)22-17-10-15(12-26-23(17)29-28-22)18-4-2-3-5-25-18/h2-5,10-14,27H,6-9H2,1H3,(H,26,28,29). The molecular weight excluding hydrogens is 388 g/mol. The second-order valence-electron chi connectivity index (χ2n) is 8.00. The number of H-pyrrole nitrogens is 2. The van der Waals surface area contributed by atoms with Crippen molar-refractivity contribution in [2.24, 2.45) is 0 Å². The van der Waals surface area contributed by atoms with Crippen LogP contribution in [-0.4, -0.2) is 68.3 Å². The Morgan fingerprint density at radius 1 is 0.935 bits per heavy atom. The molecule has 0 aliphatic carbocycles. The van der Waals surface area contributed by atoms with Crippen LogP contribution in [-0.2, 0) is 0 Å². The van der Waals surface area contributed by atoms with Crippen molar-refractivity contribution in [2.75, 3.05) is 38.1 Å². The Kier molecular flexibility index (Phi) is 4.17. The van der Waals surface area contributed by atoms with Gasteiger partial charge >= 0.3 is 0 Å². The molecule has 1 aliphatic heterocycles. The predicted octanol–water partition coefficient (Wildman–Crippen LogP) is 3.32. The Morgan fingerprint density at radius 3 is 2.68 bits per heavy atom. The number of nitrogens with zero attached hydrogens (tertiary/aromatic N) is 6. The van der Waals surface area contributed by atoms with Gasteiger partial charge in [-0.3, -0.25) is 15.1 Å². The highest BCUT2D eigenvalue weighted by atomic mass is 15.3. The molecule has 5 aromatic rings. The van der Waals surface area contributed by atoms with Gasteiger partial charge in [0.15, 0.2) is 5.65 Å². The van der Waals surface area contributed by atoms with Gasteiger partial charge in [0.2, 0.25) is 0 Å². The summed E-state index contributed by atoms with van der Waals surface area (Å²) in [7, 11) is 2.17. The summed E-state index contributed by atoms with van der Waals surface area (Å²) in [4.78, 5) is 21.8. The fourth-order valence-corrected chi connectivity index (χ4v) is 4.25. The Hall–Kier alpha value is -3.78. The lowest BCUT2D eigenvalue weighted by atomic mass is 10.1. The molecule has 8 nitrogen and oxygen atoms in total. The number of fused-ring (bicyclic) bond motifs is 2. The second kappa shape index (κ2) is 7.17. The van der Waals surface area contributed by atoms with Crippen LogP contribution in [0.2, 0.25) is 0 Å². The van der Waals surface area contributed by atoms with Gasteiger partial charge in [0.05, 0.1) is 40.7 Å². The summed E-state index contributed by atoms with van der Waals surface area (Å²) in [5.41, 5.74) is 6.62. The maximum Gasteiger partial charge on any atom is 0.181 e. The van der Waals surface area contributed by atoms with Crippen LogP contribution in [0.3, 0.4) is 0 Å². The van der Waals surface area contributed by atoms with Gasteiger partial charge in [0.25, 0.3) is 0 Å². The maximum absolute atomic E-state index is 4.53. The number of rotatable bonds is 3. The van der Waals surface area contributed by atoms with Crippen molar-refractivity contribution in [3.05, 3.63) is 55.1 Å². The predicted molar refractivity (Wildman–Crippen MR) is 122 cm³/mol. The molecule has 2 N–H and O–H groups in total. The first-order valence-electron chi connectivity index (χ1n) is 10.4. The molecule has 0 spiro atoms. The van der Waals surface area contributed by atoms with E-state index in [-0.39, 0.29) is 0 Å². The van der Waals surface area contributed by atoms with Crippen LogP contribution < -0.4 is 4.90 Å². The van der Waals surface area contributed by atoms with E-state index in [1.807, 2.05) is 36.8 Å². The van der Waals surface area contributed by atoms with E-state index in [0.29, 0.717) is 5.65 Å². The Morgan fingerprint density at radius 2 is 1.84 bits per heavy atom. The van der Waals surface area contributed by atoms with Crippen molar-refractivity contribution in [3.8, 4) is 22.6 Å². The van der Waals surface area contributed by atoms with Gasteiger partial charge in [-0.2, -0.15) is 5.10 Å². The minimum atomic E-state index is 0.686. The SMILES string of the molecule is CN1CCN(c2cncc3[nH]c(-c4[nH]nc5ncc(-c6ccccn6)cc45)cc23)CC1. The van der Waals surface area contributed by atoms with E-state index in [9.17, 15) is 0 Å². The zero-order chi connectivity index (χ0) is 20.8. The van der Waals surface area contributed by atoms with Crippen LogP contribution in [0.5, 0.6) is 0 Å². The lowest BCUT2D eigenvalue weighted by Gasteiger charge is -2.34. The highest BCUT2D eigenvalue weighted by Gasteiger charge is 2.19. The van der Waals surface area contributed by atoms with E-state index < -0.39 is 0 Å². The van der Waals surface area contributed by atoms with Gasteiger partial charge in [-0.15, -0.1) is 0 Å². The summed E-state index contributed by atoms with van der Waals surface area (Å²) in [5.74, 6) is 0. The number of aromatic nitrogens is 6. The molecule has 6 heterocycles. The molecule has 154 valence electrons. The average molecular weight is 410 g/mol. The number of hydrogen-bond acceptors (Lipinski definition) is 6. The molecule has 0 unspecified atom stereocenters. The molecule has 0 atom stereocenters. The van der Waals surface area contributed by atoms with Crippen LogP contribution in [0.15, 0.2) is 55.1 Å². The summed E-state index contributed by atoms with van der Waals surface area (Å²) in [6.45, 7) is 4.12. The minimum Gasteiger partial charge on any atom is -0.367 e. The van der Waals surface area contributed by atoms with Gasteiger partial charge in [0.1, 0.15) is 0 Å². The highest BCUT2D eigenvalue weighted by molar-refractivity contribution is 5.99. The normalized spacial score (nSPS) is 15.2. The Balaban J connectivity index is 1.44. The molecule has 1 fully saturated rings. The summed E-state index contributed by atoms with van der Waals surface area (Å²) < 4.78 is 0. The lowest BCUT2D eigenvalue weighted by molar-refractivity contribution is 0.313. The summed E-state index contributed by atoms with van der Waals surface area (Å²) in [6.07, 6.45) is 7.46.